The van der Waals surface area contributed by atoms with Crippen molar-refractivity contribution < 1.29 is 5.11 Å². The lowest BCUT2D eigenvalue weighted by Crippen LogP contribution is -1.98. The summed E-state index contributed by atoms with van der Waals surface area (Å²) in [5.74, 6) is 0.151. The van der Waals surface area contributed by atoms with Crippen LogP contribution in [-0.2, 0) is 0 Å². The highest BCUT2D eigenvalue weighted by Gasteiger charge is 2.00. The lowest BCUT2D eigenvalue weighted by atomic mass is 10.2. The third-order valence-electron chi connectivity index (χ3n) is 1.57. The molecule has 1 rings (SSSR count). The molecule has 0 atom stereocenters. The molecule has 3 N–H and O–H groups in total. The number of hydrogen-bond acceptors (Lipinski definition) is 2. The van der Waals surface area contributed by atoms with Crippen LogP contribution in [0, 0.1) is 0 Å². The fraction of sp³-hybridized carbons (Fsp3) is 0.111. The van der Waals surface area contributed by atoms with Gasteiger partial charge < -0.3 is 10.8 Å². The molecule has 2 heteroatoms. The maximum absolute atomic E-state index is 9.17. The zero-order chi connectivity index (χ0) is 8.27. The standard InChI is InChI=1S/C9H11NO/c1-2-7-3-5-8(10)9(11)6-4-7/h2-3,5-6,11H,1,4,10H2. The summed E-state index contributed by atoms with van der Waals surface area (Å²) >= 11 is 0. The predicted molar refractivity (Wildman–Crippen MR) is 45.9 cm³/mol. The quantitative estimate of drug-likeness (QED) is 0.597. The van der Waals surface area contributed by atoms with E-state index in [0.717, 1.165) is 5.57 Å². The van der Waals surface area contributed by atoms with Crippen LogP contribution >= 0.6 is 0 Å². The Morgan fingerprint density at radius 1 is 1.55 bits per heavy atom. The van der Waals surface area contributed by atoms with Gasteiger partial charge in [0.15, 0.2) is 0 Å². The molecule has 0 aromatic rings. The smallest absolute Gasteiger partial charge is 0.134 e. The highest BCUT2D eigenvalue weighted by molar-refractivity contribution is 5.35. The first kappa shape index (κ1) is 7.66. The van der Waals surface area contributed by atoms with E-state index in [1.165, 1.54) is 0 Å². The molecular formula is C9H11NO. The first-order valence-electron chi connectivity index (χ1n) is 3.42. The average molecular weight is 149 g/mol. The number of rotatable bonds is 1. The zero-order valence-electron chi connectivity index (χ0n) is 6.25. The number of aliphatic hydroxyl groups excluding tert-OH is 1. The molecule has 0 aromatic carbocycles. The van der Waals surface area contributed by atoms with E-state index in [1.54, 1.807) is 18.2 Å². The van der Waals surface area contributed by atoms with Gasteiger partial charge in [-0.15, -0.1) is 0 Å². The summed E-state index contributed by atoms with van der Waals surface area (Å²) < 4.78 is 0. The van der Waals surface area contributed by atoms with E-state index in [0.29, 0.717) is 12.1 Å². The summed E-state index contributed by atoms with van der Waals surface area (Å²) in [6.45, 7) is 3.63. The first-order valence-corrected chi connectivity index (χ1v) is 3.42. The molecule has 0 saturated carbocycles. The topological polar surface area (TPSA) is 46.2 Å². The fourth-order valence-electron chi connectivity index (χ4n) is 0.834. The highest BCUT2D eigenvalue weighted by Crippen LogP contribution is 2.13. The summed E-state index contributed by atoms with van der Waals surface area (Å²) in [6.07, 6.45) is 7.63. The molecule has 0 amide bonds. The van der Waals surface area contributed by atoms with E-state index in [9.17, 15) is 5.11 Å². The Balaban J connectivity index is 2.92. The summed E-state index contributed by atoms with van der Waals surface area (Å²) in [5.41, 5.74) is 6.92. The van der Waals surface area contributed by atoms with Crippen molar-refractivity contribution in [3.8, 4) is 0 Å². The Morgan fingerprint density at radius 2 is 2.27 bits per heavy atom. The van der Waals surface area contributed by atoms with Crippen LogP contribution in [-0.4, -0.2) is 5.11 Å². The Bertz CT molecular complexity index is 259. The number of hydrogen-bond donors (Lipinski definition) is 2. The molecule has 0 saturated heterocycles. The van der Waals surface area contributed by atoms with E-state index in [4.69, 9.17) is 5.73 Å². The van der Waals surface area contributed by atoms with Crippen LogP contribution in [0.2, 0.25) is 0 Å². The largest absolute Gasteiger partial charge is 0.506 e. The molecule has 0 bridgehead atoms. The minimum atomic E-state index is 0.151. The second-order valence-corrected chi connectivity index (χ2v) is 2.36. The van der Waals surface area contributed by atoms with Crippen molar-refractivity contribution in [2.24, 2.45) is 5.73 Å². The van der Waals surface area contributed by atoms with Crippen LogP contribution in [0.15, 0.2) is 47.9 Å². The molecule has 0 aromatic heterocycles. The van der Waals surface area contributed by atoms with Gasteiger partial charge in [-0.2, -0.15) is 0 Å². The Morgan fingerprint density at radius 3 is 2.91 bits per heavy atom. The minimum Gasteiger partial charge on any atom is -0.506 e. The van der Waals surface area contributed by atoms with Crippen molar-refractivity contribution in [1.82, 2.24) is 0 Å². The molecule has 0 fully saturated rings. The van der Waals surface area contributed by atoms with Crippen molar-refractivity contribution >= 4 is 0 Å². The maximum Gasteiger partial charge on any atom is 0.134 e. The SMILES string of the molecule is C=CC1=CC=C(N)C(O)=CC1. The second-order valence-electron chi connectivity index (χ2n) is 2.36. The van der Waals surface area contributed by atoms with Crippen molar-refractivity contribution in [2.75, 3.05) is 0 Å². The van der Waals surface area contributed by atoms with Crippen molar-refractivity contribution in [2.45, 2.75) is 6.42 Å². The van der Waals surface area contributed by atoms with Crippen molar-refractivity contribution in [3.05, 3.63) is 47.9 Å². The maximum atomic E-state index is 9.17. The van der Waals surface area contributed by atoms with Gasteiger partial charge in [-0.1, -0.05) is 18.7 Å². The van der Waals surface area contributed by atoms with Crippen LogP contribution in [0.5, 0.6) is 0 Å². The van der Waals surface area contributed by atoms with E-state index in [2.05, 4.69) is 6.58 Å². The molecule has 0 spiro atoms. The Hall–Kier alpha value is -1.44. The van der Waals surface area contributed by atoms with E-state index in [-0.39, 0.29) is 5.76 Å². The normalized spacial score (nSPS) is 17.6. The molecule has 11 heavy (non-hydrogen) atoms. The molecule has 2 nitrogen and oxygen atoms in total. The van der Waals surface area contributed by atoms with Gasteiger partial charge in [0.2, 0.25) is 0 Å². The number of allylic oxidation sites excluding steroid dienone is 5. The van der Waals surface area contributed by atoms with Gasteiger partial charge in [-0.3, -0.25) is 0 Å². The molecule has 0 unspecified atom stereocenters. The van der Waals surface area contributed by atoms with Crippen LogP contribution in [0.3, 0.4) is 0 Å². The van der Waals surface area contributed by atoms with Crippen LogP contribution in [0.1, 0.15) is 6.42 Å². The third kappa shape index (κ3) is 1.74. The van der Waals surface area contributed by atoms with Crippen LogP contribution in [0.4, 0.5) is 0 Å². The summed E-state index contributed by atoms with van der Waals surface area (Å²) in [4.78, 5) is 0. The molecule has 58 valence electrons. The lowest BCUT2D eigenvalue weighted by molar-refractivity contribution is 0.420. The summed E-state index contributed by atoms with van der Waals surface area (Å²) in [6, 6.07) is 0. The van der Waals surface area contributed by atoms with Gasteiger partial charge in [0.25, 0.3) is 0 Å². The van der Waals surface area contributed by atoms with Gasteiger partial charge >= 0.3 is 0 Å². The van der Waals surface area contributed by atoms with Crippen LogP contribution in [0.25, 0.3) is 0 Å². The second kappa shape index (κ2) is 3.10. The molecule has 0 aliphatic heterocycles. The van der Waals surface area contributed by atoms with E-state index >= 15 is 0 Å². The van der Waals surface area contributed by atoms with Gasteiger partial charge in [-0.25, -0.2) is 0 Å². The fourth-order valence-corrected chi connectivity index (χ4v) is 0.834. The summed E-state index contributed by atoms with van der Waals surface area (Å²) in [7, 11) is 0. The van der Waals surface area contributed by atoms with Gasteiger partial charge in [0, 0.05) is 0 Å². The number of nitrogens with two attached hydrogens (primary N) is 1. The lowest BCUT2D eigenvalue weighted by Gasteiger charge is -1.94. The van der Waals surface area contributed by atoms with E-state index in [1.807, 2.05) is 6.08 Å². The van der Waals surface area contributed by atoms with Gasteiger partial charge in [0.1, 0.15) is 5.76 Å². The van der Waals surface area contributed by atoms with Crippen molar-refractivity contribution in [1.29, 1.82) is 0 Å². The third-order valence-corrected chi connectivity index (χ3v) is 1.57. The molecule has 1 aliphatic carbocycles. The zero-order valence-corrected chi connectivity index (χ0v) is 6.25. The van der Waals surface area contributed by atoms with E-state index < -0.39 is 0 Å². The first-order chi connectivity index (χ1) is 5.24. The molecular weight excluding hydrogens is 138 g/mol. The highest BCUT2D eigenvalue weighted by atomic mass is 16.3. The minimum absolute atomic E-state index is 0.151. The predicted octanol–water partition coefficient (Wildman–Crippen LogP) is 1.79. The van der Waals surface area contributed by atoms with Gasteiger partial charge in [-0.05, 0) is 24.1 Å². The van der Waals surface area contributed by atoms with Gasteiger partial charge in [0.05, 0.1) is 5.70 Å². The average Bonchev–Trinajstić information content (AvgIpc) is 2.16. The van der Waals surface area contributed by atoms with Crippen LogP contribution < -0.4 is 5.73 Å². The molecule has 1 aliphatic rings. The number of aliphatic hydroxyl groups is 1. The summed E-state index contributed by atoms with van der Waals surface area (Å²) in [5, 5.41) is 9.17. The Labute approximate surface area is 66.0 Å². The Kier molecular flexibility index (Phi) is 2.16. The van der Waals surface area contributed by atoms with Crippen molar-refractivity contribution in [3.63, 3.8) is 0 Å². The molecule has 0 heterocycles. The monoisotopic (exact) mass is 149 g/mol. The molecule has 0 radical (unpaired) electrons.